The third-order valence-corrected chi connectivity index (χ3v) is 5.07. The Kier molecular flexibility index (Phi) is 6.17. The molecule has 2 aliphatic rings. The summed E-state index contributed by atoms with van der Waals surface area (Å²) in [5.74, 6) is 0.344. The van der Waals surface area contributed by atoms with Crippen molar-refractivity contribution in [3.8, 4) is 0 Å². The highest BCUT2D eigenvalue weighted by Crippen LogP contribution is 2.37. The Bertz CT molecular complexity index is 733. The SMILES string of the molecule is C=C(C=N/C(=C\C)c1cccc(C(F)(F)F)c1)[C@H]1C[C@@H]1NC1CCOCC1. The van der Waals surface area contributed by atoms with Crippen molar-refractivity contribution in [2.45, 2.75) is 44.4 Å². The lowest BCUT2D eigenvalue weighted by atomic mass is 10.1. The lowest BCUT2D eigenvalue weighted by molar-refractivity contribution is -0.137. The fraction of sp³-hybridized carbons (Fsp3) is 0.476. The van der Waals surface area contributed by atoms with Crippen molar-refractivity contribution in [2.75, 3.05) is 13.2 Å². The maximum Gasteiger partial charge on any atom is 0.416 e. The van der Waals surface area contributed by atoms with Crippen molar-refractivity contribution < 1.29 is 17.9 Å². The van der Waals surface area contributed by atoms with E-state index in [1.165, 1.54) is 6.07 Å². The van der Waals surface area contributed by atoms with E-state index in [9.17, 15) is 13.2 Å². The van der Waals surface area contributed by atoms with Crippen molar-refractivity contribution in [1.29, 1.82) is 0 Å². The predicted molar refractivity (Wildman–Crippen MR) is 102 cm³/mol. The Hall–Kier alpha value is -1.92. The van der Waals surface area contributed by atoms with Gasteiger partial charge in [-0.1, -0.05) is 24.8 Å². The number of alkyl halides is 3. The van der Waals surface area contributed by atoms with Gasteiger partial charge in [0.05, 0.1) is 11.3 Å². The van der Waals surface area contributed by atoms with Gasteiger partial charge in [-0.05, 0) is 43.9 Å². The van der Waals surface area contributed by atoms with Crippen molar-refractivity contribution in [1.82, 2.24) is 5.32 Å². The molecule has 6 heteroatoms. The molecule has 0 bridgehead atoms. The molecule has 1 saturated carbocycles. The van der Waals surface area contributed by atoms with E-state index in [1.807, 2.05) is 0 Å². The number of halogens is 3. The molecule has 1 saturated heterocycles. The molecular weight excluding hydrogens is 353 g/mol. The largest absolute Gasteiger partial charge is 0.416 e. The van der Waals surface area contributed by atoms with Crippen LogP contribution in [-0.4, -0.2) is 31.5 Å². The van der Waals surface area contributed by atoms with Crippen LogP contribution in [0.1, 0.15) is 37.3 Å². The number of benzene rings is 1. The number of nitrogens with one attached hydrogen (secondary N) is 1. The van der Waals surface area contributed by atoms with Crippen LogP contribution >= 0.6 is 0 Å². The molecule has 146 valence electrons. The molecule has 0 spiro atoms. The highest BCUT2D eigenvalue weighted by molar-refractivity contribution is 5.85. The van der Waals surface area contributed by atoms with Crippen LogP contribution in [0, 0.1) is 5.92 Å². The quantitative estimate of drug-likeness (QED) is 0.718. The van der Waals surface area contributed by atoms with E-state index < -0.39 is 11.7 Å². The van der Waals surface area contributed by atoms with Crippen molar-refractivity contribution >= 4 is 11.9 Å². The lowest BCUT2D eigenvalue weighted by Crippen LogP contribution is -2.36. The molecule has 1 heterocycles. The second kappa shape index (κ2) is 8.40. The summed E-state index contributed by atoms with van der Waals surface area (Å²) in [6, 6.07) is 6.14. The number of aliphatic imine (C=N–C) groups is 1. The van der Waals surface area contributed by atoms with Crippen LogP contribution in [0.5, 0.6) is 0 Å². The normalized spacial score (nSPS) is 24.4. The zero-order valence-electron chi connectivity index (χ0n) is 15.4. The maximum atomic E-state index is 12.9. The molecule has 3 rings (SSSR count). The molecule has 1 N–H and O–H groups in total. The van der Waals surface area contributed by atoms with E-state index in [4.69, 9.17) is 4.74 Å². The molecule has 0 unspecified atom stereocenters. The first kappa shape index (κ1) is 19.8. The van der Waals surface area contributed by atoms with E-state index >= 15 is 0 Å². The second-order valence-corrected chi connectivity index (χ2v) is 7.09. The smallest absolute Gasteiger partial charge is 0.381 e. The van der Waals surface area contributed by atoms with Crippen molar-refractivity contribution in [3.05, 3.63) is 53.6 Å². The maximum absolute atomic E-state index is 12.9. The van der Waals surface area contributed by atoms with Gasteiger partial charge in [-0.15, -0.1) is 0 Å². The Morgan fingerprint density at radius 3 is 2.70 bits per heavy atom. The van der Waals surface area contributed by atoms with Gasteiger partial charge in [0.1, 0.15) is 0 Å². The van der Waals surface area contributed by atoms with Crippen molar-refractivity contribution in [3.63, 3.8) is 0 Å². The fourth-order valence-electron chi connectivity index (χ4n) is 3.37. The average molecular weight is 378 g/mol. The monoisotopic (exact) mass is 378 g/mol. The van der Waals surface area contributed by atoms with E-state index in [2.05, 4.69) is 16.9 Å². The zero-order valence-corrected chi connectivity index (χ0v) is 15.4. The minimum absolute atomic E-state index is 0.344. The molecule has 1 aliphatic carbocycles. The Morgan fingerprint density at radius 1 is 1.30 bits per heavy atom. The number of hydrogen-bond donors (Lipinski definition) is 1. The van der Waals surface area contributed by atoms with Crippen LogP contribution < -0.4 is 5.32 Å². The third kappa shape index (κ3) is 5.30. The van der Waals surface area contributed by atoms with Crippen LogP contribution in [0.4, 0.5) is 13.2 Å². The number of nitrogens with zero attached hydrogens (tertiary/aromatic N) is 1. The van der Waals surface area contributed by atoms with E-state index in [0.717, 1.165) is 50.2 Å². The minimum Gasteiger partial charge on any atom is -0.381 e. The van der Waals surface area contributed by atoms with Crippen molar-refractivity contribution in [2.24, 2.45) is 10.9 Å². The van der Waals surface area contributed by atoms with Crippen LogP contribution in [0.25, 0.3) is 5.70 Å². The summed E-state index contributed by atoms with van der Waals surface area (Å²) in [5, 5.41) is 3.64. The molecule has 27 heavy (non-hydrogen) atoms. The van der Waals surface area contributed by atoms with Gasteiger partial charge >= 0.3 is 6.18 Å². The van der Waals surface area contributed by atoms with Gasteiger partial charge in [-0.25, -0.2) is 0 Å². The average Bonchev–Trinajstić information content (AvgIpc) is 3.42. The zero-order chi connectivity index (χ0) is 19.4. The summed E-state index contributed by atoms with van der Waals surface area (Å²) in [4.78, 5) is 4.40. The summed E-state index contributed by atoms with van der Waals surface area (Å²) < 4.78 is 44.1. The molecule has 0 amide bonds. The Balaban J connectivity index is 1.58. The minimum atomic E-state index is -4.36. The van der Waals surface area contributed by atoms with Crippen LogP contribution in [0.3, 0.4) is 0 Å². The first-order valence-corrected chi connectivity index (χ1v) is 9.29. The van der Waals surface area contributed by atoms with Gasteiger partial charge in [-0.3, -0.25) is 4.99 Å². The second-order valence-electron chi connectivity index (χ2n) is 7.09. The van der Waals surface area contributed by atoms with Gasteiger partial charge in [0.2, 0.25) is 0 Å². The number of allylic oxidation sites excluding steroid dienone is 1. The topological polar surface area (TPSA) is 33.6 Å². The lowest BCUT2D eigenvalue weighted by Gasteiger charge is -2.23. The van der Waals surface area contributed by atoms with Gasteiger partial charge in [0.25, 0.3) is 0 Å². The van der Waals surface area contributed by atoms with Crippen LogP contribution in [-0.2, 0) is 10.9 Å². The van der Waals surface area contributed by atoms with E-state index in [1.54, 1.807) is 25.3 Å². The molecule has 0 aromatic heterocycles. The Morgan fingerprint density at radius 2 is 2.04 bits per heavy atom. The highest BCUT2D eigenvalue weighted by Gasteiger charge is 2.39. The highest BCUT2D eigenvalue weighted by atomic mass is 19.4. The predicted octanol–water partition coefficient (Wildman–Crippen LogP) is 4.85. The molecular formula is C21H25F3N2O. The van der Waals surface area contributed by atoms with Gasteiger partial charge in [-0.2, -0.15) is 13.2 Å². The summed E-state index contributed by atoms with van der Waals surface area (Å²) in [6.07, 6.45) is 2.12. The van der Waals surface area contributed by atoms with Crippen LogP contribution in [0.15, 0.2) is 47.5 Å². The van der Waals surface area contributed by atoms with Gasteiger partial charge < -0.3 is 10.1 Å². The molecule has 0 radical (unpaired) electrons. The molecule has 1 aromatic rings. The van der Waals surface area contributed by atoms with E-state index in [-0.39, 0.29) is 0 Å². The van der Waals surface area contributed by atoms with Crippen LogP contribution in [0.2, 0.25) is 0 Å². The first-order valence-electron chi connectivity index (χ1n) is 9.29. The van der Waals surface area contributed by atoms with E-state index in [0.29, 0.717) is 29.3 Å². The summed E-state index contributed by atoms with van der Waals surface area (Å²) in [5.41, 5.74) is 1.20. The fourth-order valence-corrected chi connectivity index (χ4v) is 3.37. The number of hydrogen-bond acceptors (Lipinski definition) is 3. The van der Waals surface area contributed by atoms with Gasteiger partial charge in [0.15, 0.2) is 0 Å². The molecule has 1 aliphatic heterocycles. The van der Waals surface area contributed by atoms with Gasteiger partial charge in [0, 0.05) is 43.0 Å². The summed E-state index contributed by atoms with van der Waals surface area (Å²) >= 11 is 0. The number of ether oxygens (including phenoxy) is 1. The third-order valence-electron chi connectivity index (χ3n) is 5.07. The molecule has 2 fully saturated rings. The molecule has 3 nitrogen and oxygen atoms in total. The number of rotatable bonds is 6. The summed E-state index contributed by atoms with van der Waals surface area (Å²) in [7, 11) is 0. The standard InChI is InChI=1S/C21H25F3N2O/c1-3-19(15-5-4-6-16(11-15)21(22,23)24)25-13-14(2)18-12-20(18)26-17-7-9-27-10-8-17/h3-6,11,13,17-18,20,26H,2,7-10,12H2,1H3/b19-3-,25-13?/t18-,20+/m1/s1. The molecule has 1 aromatic carbocycles. The Labute approximate surface area is 158 Å². The molecule has 2 atom stereocenters. The summed E-state index contributed by atoms with van der Waals surface area (Å²) in [6.45, 7) is 7.47. The first-order chi connectivity index (χ1) is 12.9.